The van der Waals surface area contributed by atoms with Crippen molar-refractivity contribution in [2.75, 3.05) is 32.7 Å². The smallest absolute Gasteiger partial charge is 0.222 e. The monoisotopic (exact) mass is 263 g/mol. The van der Waals surface area contributed by atoms with Crippen molar-refractivity contribution in [3.8, 4) is 0 Å². The second kappa shape index (κ2) is 10.0. The van der Waals surface area contributed by atoms with Gasteiger partial charge in [0.1, 0.15) is 5.78 Å². The van der Waals surface area contributed by atoms with E-state index in [4.69, 9.17) is 0 Å². The maximum absolute atomic E-state index is 11.3. The third-order valence-corrected chi connectivity index (χ3v) is 2.55. The van der Waals surface area contributed by atoms with Gasteiger partial charge in [-0.3, -0.25) is 9.59 Å². The summed E-state index contributed by atoms with van der Waals surface area (Å²) in [5, 5.41) is 9.11. The van der Waals surface area contributed by atoms with Crippen LogP contribution in [0, 0.1) is 11.8 Å². The van der Waals surface area contributed by atoms with Gasteiger partial charge >= 0.3 is 0 Å². The molecule has 3 N–H and O–H groups in total. The third-order valence-electron chi connectivity index (χ3n) is 2.55. The highest BCUT2D eigenvalue weighted by Gasteiger charge is 2.05. The van der Waals surface area contributed by atoms with Crippen LogP contribution in [-0.4, -0.2) is 44.4 Å². The van der Waals surface area contributed by atoms with E-state index >= 15 is 0 Å². The van der Waals surface area contributed by atoms with E-state index in [1.807, 2.05) is 27.7 Å². The molecule has 18 heavy (non-hydrogen) atoms. The molecule has 0 unspecified atom stereocenters. The molecule has 5 nitrogen and oxygen atoms in total. The number of carbonyl (C=O) groups excluding carboxylic acids is 2. The molecule has 0 radical (unpaired) electrons. The molecule has 0 aliphatic carbocycles. The summed E-state index contributed by atoms with van der Waals surface area (Å²) in [5.74, 6) is 0.446. The molecular weight excluding hydrogens is 230 g/mol. The SMILES string of the molecule is CC(C)C(=O)CNCCNCCNC(=O)C(C)C.[HH].[HH].[HH]. The molecule has 0 aromatic rings. The fourth-order valence-electron chi connectivity index (χ4n) is 1.20. The summed E-state index contributed by atoms with van der Waals surface area (Å²) in [6.07, 6.45) is 0. The van der Waals surface area contributed by atoms with E-state index < -0.39 is 0 Å². The Balaban J connectivity index is -0.000000482. The molecule has 0 aliphatic heterocycles. The van der Waals surface area contributed by atoms with Crippen LogP contribution in [0.5, 0.6) is 0 Å². The Kier molecular flexibility index (Phi) is 9.50. The molecule has 0 fully saturated rings. The maximum atomic E-state index is 11.3. The summed E-state index contributed by atoms with van der Waals surface area (Å²) >= 11 is 0. The Hall–Kier alpha value is -0.940. The molecule has 0 saturated heterocycles. The Morgan fingerprint density at radius 3 is 2.00 bits per heavy atom. The minimum Gasteiger partial charge on any atom is -0.355 e. The highest BCUT2D eigenvalue weighted by atomic mass is 16.1. The number of hydrogen-bond donors (Lipinski definition) is 3. The molecule has 0 heterocycles. The molecule has 1 amide bonds. The average molecular weight is 263 g/mol. The summed E-state index contributed by atoms with van der Waals surface area (Å²) < 4.78 is 0. The van der Waals surface area contributed by atoms with Gasteiger partial charge in [0.05, 0.1) is 6.54 Å². The normalized spacial score (nSPS) is 11.0. The first-order valence-electron chi connectivity index (χ1n) is 6.67. The first kappa shape index (κ1) is 17.1. The quantitative estimate of drug-likeness (QED) is 0.512. The van der Waals surface area contributed by atoms with E-state index in [-0.39, 0.29) is 27.8 Å². The minimum absolute atomic E-state index is 0. The minimum atomic E-state index is 0. The first-order chi connectivity index (χ1) is 8.45. The summed E-state index contributed by atoms with van der Waals surface area (Å²) in [4.78, 5) is 22.5. The number of Topliss-reactive ketones (excluding diaryl/α,β-unsaturated/α-hetero) is 1. The van der Waals surface area contributed by atoms with Crippen molar-refractivity contribution in [1.29, 1.82) is 0 Å². The van der Waals surface area contributed by atoms with Gasteiger partial charge in [-0.1, -0.05) is 27.7 Å². The van der Waals surface area contributed by atoms with Gasteiger partial charge in [-0.15, -0.1) is 0 Å². The molecule has 0 atom stereocenters. The van der Waals surface area contributed by atoms with E-state index in [9.17, 15) is 9.59 Å². The van der Waals surface area contributed by atoms with E-state index in [1.165, 1.54) is 0 Å². The average Bonchev–Trinajstić information content (AvgIpc) is 2.31. The largest absolute Gasteiger partial charge is 0.355 e. The Bertz CT molecular complexity index is 239. The van der Waals surface area contributed by atoms with Crippen LogP contribution in [0.2, 0.25) is 0 Å². The molecule has 112 valence electrons. The van der Waals surface area contributed by atoms with Gasteiger partial charge in [0, 0.05) is 42.3 Å². The zero-order chi connectivity index (χ0) is 14.0. The van der Waals surface area contributed by atoms with Crippen LogP contribution >= 0.6 is 0 Å². The lowest BCUT2D eigenvalue weighted by Crippen LogP contribution is -2.37. The molecule has 0 saturated carbocycles. The number of carbonyl (C=O) groups is 2. The standard InChI is InChI=1S/C13H27N3O2.3H2/c1-10(2)12(17)9-15-6-5-14-7-8-16-13(18)11(3)4;;;/h10-11,14-15H,5-9H2,1-4H3,(H,16,18);3*1H. The van der Waals surface area contributed by atoms with Crippen LogP contribution < -0.4 is 16.0 Å². The van der Waals surface area contributed by atoms with Crippen molar-refractivity contribution >= 4 is 11.7 Å². The highest BCUT2D eigenvalue weighted by Crippen LogP contribution is 1.91. The Morgan fingerprint density at radius 2 is 1.44 bits per heavy atom. The molecule has 0 aromatic carbocycles. The van der Waals surface area contributed by atoms with Gasteiger partial charge in [0.2, 0.25) is 5.91 Å². The van der Waals surface area contributed by atoms with Crippen molar-refractivity contribution < 1.29 is 13.9 Å². The lowest BCUT2D eigenvalue weighted by atomic mass is 10.1. The van der Waals surface area contributed by atoms with Crippen molar-refractivity contribution in [2.45, 2.75) is 27.7 Å². The van der Waals surface area contributed by atoms with Gasteiger partial charge in [0.15, 0.2) is 0 Å². The highest BCUT2D eigenvalue weighted by molar-refractivity contribution is 5.82. The molecule has 0 aliphatic rings. The molecule has 0 rings (SSSR count). The Morgan fingerprint density at radius 1 is 0.889 bits per heavy atom. The zero-order valence-corrected chi connectivity index (χ0v) is 12.0. The fourth-order valence-corrected chi connectivity index (χ4v) is 1.20. The van der Waals surface area contributed by atoms with Crippen molar-refractivity contribution in [3.05, 3.63) is 0 Å². The molecular formula is C13H33N3O2. The van der Waals surface area contributed by atoms with Crippen LogP contribution in [0.4, 0.5) is 0 Å². The van der Waals surface area contributed by atoms with Crippen molar-refractivity contribution in [3.63, 3.8) is 0 Å². The predicted octanol–water partition coefficient (Wildman–Crippen LogP) is 0.901. The number of ketones is 1. The van der Waals surface area contributed by atoms with Gasteiger partial charge in [-0.05, 0) is 0 Å². The first-order valence-corrected chi connectivity index (χ1v) is 6.67. The second-order valence-electron chi connectivity index (χ2n) is 4.99. The molecule has 0 bridgehead atoms. The van der Waals surface area contributed by atoms with Crippen molar-refractivity contribution in [2.24, 2.45) is 11.8 Å². The van der Waals surface area contributed by atoms with Crippen LogP contribution in [0.1, 0.15) is 32.0 Å². The lowest BCUT2D eigenvalue weighted by molar-refractivity contribution is -0.124. The molecule has 0 aromatic heterocycles. The van der Waals surface area contributed by atoms with Gasteiger partial charge in [-0.2, -0.15) is 0 Å². The lowest BCUT2D eigenvalue weighted by Gasteiger charge is -2.09. The van der Waals surface area contributed by atoms with E-state index in [0.717, 1.165) is 19.6 Å². The predicted molar refractivity (Wildman–Crippen MR) is 79.8 cm³/mol. The summed E-state index contributed by atoms with van der Waals surface area (Å²) in [5.41, 5.74) is 0. The summed E-state index contributed by atoms with van der Waals surface area (Å²) in [7, 11) is 0. The number of hydrogen-bond acceptors (Lipinski definition) is 4. The third kappa shape index (κ3) is 9.13. The summed E-state index contributed by atoms with van der Waals surface area (Å²) in [6, 6.07) is 0. The van der Waals surface area contributed by atoms with Gasteiger partial charge in [-0.25, -0.2) is 0 Å². The van der Waals surface area contributed by atoms with E-state index in [2.05, 4.69) is 16.0 Å². The van der Waals surface area contributed by atoms with E-state index in [1.54, 1.807) is 0 Å². The zero-order valence-electron chi connectivity index (χ0n) is 12.0. The van der Waals surface area contributed by atoms with Crippen LogP contribution in [-0.2, 0) is 9.59 Å². The van der Waals surface area contributed by atoms with Gasteiger partial charge < -0.3 is 16.0 Å². The number of amides is 1. The van der Waals surface area contributed by atoms with Crippen LogP contribution in [0.25, 0.3) is 0 Å². The number of nitrogens with one attached hydrogen (secondary N) is 3. The van der Waals surface area contributed by atoms with Crippen molar-refractivity contribution in [1.82, 2.24) is 16.0 Å². The molecule has 5 heteroatoms. The molecule has 0 spiro atoms. The maximum Gasteiger partial charge on any atom is 0.222 e. The van der Waals surface area contributed by atoms with E-state index in [0.29, 0.717) is 13.1 Å². The summed E-state index contributed by atoms with van der Waals surface area (Å²) in [6.45, 7) is 10.9. The number of rotatable bonds is 10. The Labute approximate surface area is 115 Å². The van der Waals surface area contributed by atoms with Crippen LogP contribution in [0.15, 0.2) is 0 Å². The topological polar surface area (TPSA) is 70.2 Å². The van der Waals surface area contributed by atoms with Crippen LogP contribution in [0.3, 0.4) is 0 Å². The van der Waals surface area contributed by atoms with Gasteiger partial charge in [0.25, 0.3) is 0 Å². The fraction of sp³-hybridized carbons (Fsp3) is 0.846. The second-order valence-corrected chi connectivity index (χ2v) is 4.99.